The maximum Gasteiger partial charge on any atom is 0.230 e. The molecule has 0 unspecified atom stereocenters. The van der Waals surface area contributed by atoms with Gasteiger partial charge >= 0.3 is 0 Å². The van der Waals surface area contributed by atoms with Crippen molar-refractivity contribution in [2.75, 3.05) is 12.9 Å². The number of ether oxygens (including phenoxy) is 1. The number of hydrogen-bond donors (Lipinski definition) is 1. The standard InChI is InChI=1S/C16H22N4O2S/c1-11-18-19-15(23-10-14(21)17-16(2,3)4)20(11)12-6-8-13(22-5)9-7-12/h6-9H,10H2,1-5H3,(H,17,21). The van der Waals surface area contributed by atoms with Gasteiger partial charge in [0.2, 0.25) is 5.91 Å². The van der Waals surface area contributed by atoms with Crippen LogP contribution >= 0.6 is 11.8 Å². The molecule has 0 saturated heterocycles. The van der Waals surface area contributed by atoms with E-state index < -0.39 is 0 Å². The number of hydrogen-bond acceptors (Lipinski definition) is 5. The fraction of sp³-hybridized carbons (Fsp3) is 0.438. The zero-order valence-corrected chi connectivity index (χ0v) is 14.9. The largest absolute Gasteiger partial charge is 0.497 e. The normalized spacial score (nSPS) is 11.3. The Labute approximate surface area is 140 Å². The van der Waals surface area contributed by atoms with Crippen molar-refractivity contribution in [2.45, 2.75) is 38.4 Å². The number of thioether (sulfide) groups is 1. The number of benzene rings is 1. The SMILES string of the molecule is COc1ccc(-n2c(C)nnc2SCC(=O)NC(C)(C)C)cc1. The van der Waals surface area contributed by atoms with Gasteiger partial charge < -0.3 is 10.1 Å². The summed E-state index contributed by atoms with van der Waals surface area (Å²) in [6, 6.07) is 7.65. The van der Waals surface area contributed by atoms with Crippen molar-refractivity contribution in [2.24, 2.45) is 0 Å². The number of amides is 1. The van der Waals surface area contributed by atoms with Gasteiger partial charge in [0.1, 0.15) is 11.6 Å². The van der Waals surface area contributed by atoms with Crippen molar-refractivity contribution < 1.29 is 9.53 Å². The second-order valence-electron chi connectivity index (χ2n) is 6.15. The lowest BCUT2D eigenvalue weighted by Gasteiger charge is -2.20. The average Bonchev–Trinajstić information content (AvgIpc) is 2.84. The molecule has 0 spiro atoms. The monoisotopic (exact) mass is 334 g/mol. The van der Waals surface area contributed by atoms with Crippen LogP contribution in [-0.2, 0) is 4.79 Å². The van der Waals surface area contributed by atoms with Gasteiger partial charge in [0.25, 0.3) is 0 Å². The Morgan fingerprint density at radius 1 is 1.26 bits per heavy atom. The second kappa shape index (κ2) is 7.04. The van der Waals surface area contributed by atoms with E-state index >= 15 is 0 Å². The van der Waals surface area contributed by atoms with Gasteiger partial charge in [-0.2, -0.15) is 0 Å². The van der Waals surface area contributed by atoms with Crippen LogP contribution in [0.5, 0.6) is 5.75 Å². The highest BCUT2D eigenvalue weighted by atomic mass is 32.2. The van der Waals surface area contributed by atoms with Crippen LogP contribution in [0, 0.1) is 6.92 Å². The zero-order chi connectivity index (χ0) is 17.0. The van der Waals surface area contributed by atoms with Gasteiger partial charge in [-0.05, 0) is 52.0 Å². The first-order chi connectivity index (χ1) is 10.8. The predicted molar refractivity (Wildman–Crippen MR) is 91.3 cm³/mol. The first kappa shape index (κ1) is 17.3. The van der Waals surface area contributed by atoms with E-state index in [2.05, 4.69) is 15.5 Å². The Bertz CT molecular complexity index is 674. The Balaban J connectivity index is 2.13. The van der Waals surface area contributed by atoms with E-state index in [9.17, 15) is 4.79 Å². The van der Waals surface area contributed by atoms with E-state index in [4.69, 9.17) is 4.74 Å². The molecule has 1 aromatic heterocycles. The number of aryl methyl sites for hydroxylation is 1. The molecule has 0 fully saturated rings. The fourth-order valence-corrected chi connectivity index (χ4v) is 2.85. The third-order valence-electron chi connectivity index (χ3n) is 2.97. The fourth-order valence-electron chi connectivity index (χ4n) is 2.05. The molecule has 23 heavy (non-hydrogen) atoms. The molecule has 2 rings (SSSR count). The summed E-state index contributed by atoms with van der Waals surface area (Å²) in [5, 5.41) is 11.9. The number of methoxy groups -OCH3 is 1. The van der Waals surface area contributed by atoms with E-state index in [-0.39, 0.29) is 11.4 Å². The van der Waals surface area contributed by atoms with Gasteiger partial charge in [0.15, 0.2) is 5.16 Å². The molecule has 2 aromatic rings. The van der Waals surface area contributed by atoms with Crippen LogP contribution in [0.2, 0.25) is 0 Å². The van der Waals surface area contributed by atoms with Crippen molar-refractivity contribution >= 4 is 17.7 Å². The Morgan fingerprint density at radius 2 is 1.91 bits per heavy atom. The van der Waals surface area contributed by atoms with Crippen LogP contribution in [0.15, 0.2) is 29.4 Å². The molecule has 124 valence electrons. The van der Waals surface area contributed by atoms with Gasteiger partial charge in [0.05, 0.1) is 12.9 Å². The minimum Gasteiger partial charge on any atom is -0.497 e. The highest BCUT2D eigenvalue weighted by molar-refractivity contribution is 7.99. The minimum atomic E-state index is -0.239. The quantitative estimate of drug-likeness (QED) is 0.851. The summed E-state index contributed by atoms with van der Waals surface area (Å²) < 4.78 is 7.10. The first-order valence-electron chi connectivity index (χ1n) is 7.30. The average molecular weight is 334 g/mol. The number of rotatable bonds is 5. The lowest BCUT2D eigenvalue weighted by molar-refractivity contribution is -0.119. The Morgan fingerprint density at radius 3 is 2.48 bits per heavy atom. The van der Waals surface area contributed by atoms with Crippen molar-refractivity contribution in [3.63, 3.8) is 0 Å². The van der Waals surface area contributed by atoms with E-state index in [1.165, 1.54) is 11.8 Å². The molecular weight excluding hydrogens is 312 g/mol. The molecule has 0 saturated carbocycles. The Kier molecular flexibility index (Phi) is 5.30. The summed E-state index contributed by atoms with van der Waals surface area (Å²) in [5.74, 6) is 1.84. The van der Waals surface area contributed by atoms with Crippen molar-refractivity contribution in [1.29, 1.82) is 0 Å². The van der Waals surface area contributed by atoms with Crippen molar-refractivity contribution in [1.82, 2.24) is 20.1 Å². The topological polar surface area (TPSA) is 69.0 Å². The molecule has 0 aliphatic carbocycles. The number of carbonyl (C=O) groups excluding carboxylic acids is 1. The van der Waals surface area contributed by atoms with E-state index in [0.29, 0.717) is 10.9 Å². The number of nitrogens with zero attached hydrogens (tertiary/aromatic N) is 3. The van der Waals surface area contributed by atoms with Crippen LogP contribution in [0.1, 0.15) is 26.6 Å². The molecule has 6 nitrogen and oxygen atoms in total. The second-order valence-corrected chi connectivity index (χ2v) is 7.09. The number of nitrogens with one attached hydrogen (secondary N) is 1. The summed E-state index contributed by atoms with van der Waals surface area (Å²) in [6.45, 7) is 7.76. The van der Waals surface area contributed by atoms with E-state index in [1.807, 2.05) is 56.5 Å². The molecule has 0 aliphatic rings. The first-order valence-corrected chi connectivity index (χ1v) is 8.29. The molecule has 0 aliphatic heterocycles. The van der Waals surface area contributed by atoms with Crippen molar-refractivity contribution in [3.8, 4) is 11.4 Å². The van der Waals surface area contributed by atoms with Crippen LogP contribution in [0.4, 0.5) is 0 Å². The summed E-state index contributed by atoms with van der Waals surface area (Å²) in [7, 11) is 1.63. The smallest absolute Gasteiger partial charge is 0.230 e. The third kappa shape index (κ3) is 4.72. The van der Waals surface area contributed by atoms with E-state index in [1.54, 1.807) is 7.11 Å². The van der Waals surface area contributed by atoms with Crippen molar-refractivity contribution in [3.05, 3.63) is 30.1 Å². The summed E-state index contributed by atoms with van der Waals surface area (Å²) in [5.41, 5.74) is 0.698. The molecule has 1 heterocycles. The number of carbonyl (C=O) groups is 1. The summed E-state index contributed by atoms with van der Waals surface area (Å²) in [6.07, 6.45) is 0. The highest BCUT2D eigenvalue weighted by Gasteiger charge is 2.17. The molecule has 0 radical (unpaired) electrons. The highest BCUT2D eigenvalue weighted by Crippen LogP contribution is 2.23. The zero-order valence-electron chi connectivity index (χ0n) is 14.1. The predicted octanol–water partition coefficient (Wildman–Crippen LogP) is 2.59. The lowest BCUT2D eigenvalue weighted by Crippen LogP contribution is -2.41. The lowest BCUT2D eigenvalue weighted by atomic mass is 10.1. The van der Waals surface area contributed by atoms with Gasteiger partial charge in [-0.1, -0.05) is 11.8 Å². The molecule has 1 aromatic carbocycles. The molecule has 0 bridgehead atoms. The van der Waals surface area contributed by atoms with Crippen LogP contribution in [0.3, 0.4) is 0 Å². The molecule has 7 heteroatoms. The molecule has 0 atom stereocenters. The van der Waals surface area contributed by atoms with Gasteiger partial charge in [-0.3, -0.25) is 9.36 Å². The Hall–Kier alpha value is -2.02. The molecular formula is C16H22N4O2S. The van der Waals surface area contributed by atoms with Crippen LogP contribution in [0.25, 0.3) is 5.69 Å². The van der Waals surface area contributed by atoms with Gasteiger partial charge in [0, 0.05) is 11.2 Å². The summed E-state index contributed by atoms with van der Waals surface area (Å²) in [4.78, 5) is 12.0. The van der Waals surface area contributed by atoms with Gasteiger partial charge in [-0.25, -0.2) is 0 Å². The molecule has 1 N–H and O–H groups in total. The maximum absolute atomic E-state index is 12.0. The van der Waals surface area contributed by atoms with Crippen LogP contribution < -0.4 is 10.1 Å². The summed E-state index contributed by atoms with van der Waals surface area (Å²) >= 11 is 1.37. The maximum atomic E-state index is 12.0. The minimum absolute atomic E-state index is 0.0237. The number of aromatic nitrogens is 3. The van der Waals surface area contributed by atoms with Gasteiger partial charge in [-0.15, -0.1) is 10.2 Å². The third-order valence-corrected chi connectivity index (χ3v) is 3.90. The van der Waals surface area contributed by atoms with Crippen LogP contribution in [-0.4, -0.2) is 39.1 Å². The van der Waals surface area contributed by atoms with E-state index in [0.717, 1.165) is 17.3 Å². The molecule has 1 amide bonds.